The summed E-state index contributed by atoms with van der Waals surface area (Å²) in [6.45, 7) is 4.82. The van der Waals surface area contributed by atoms with Gasteiger partial charge in [-0.2, -0.15) is 0 Å². The maximum Gasteiger partial charge on any atom is 0.153 e. The molecule has 2 heteroatoms. The number of carbonyl (C=O) groups is 1. The normalized spacial score (nSPS) is 10.5. The van der Waals surface area contributed by atoms with Gasteiger partial charge in [-0.25, -0.2) is 0 Å². The molecule has 0 fully saturated rings. The number of carbonyl (C=O) groups excluding carboxylic acids is 1. The zero-order valence-corrected chi connectivity index (χ0v) is 11.3. The number of hydrogen-bond donors (Lipinski definition) is 0. The van der Waals surface area contributed by atoms with Crippen molar-refractivity contribution in [3.05, 3.63) is 65.2 Å². The predicted octanol–water partition coefficient (Wildman–Crippen LogP) is 4.20. The van der Waals surface area contributed by atoms with Crippen molar-refractivity contribution in [1.82, 2.24) is 0 Å². The lowest BCUT2D eigenvalue weighted by Gasteiger charge is -2.10. The van der Waals surface area contributed by atoms with Crippen molar-refractivity contribution in [2.24, 2.45) is 0 Å². The minimum Gasteiger partial charge on any atom is -0.488 e. The fraction of sp³-hybridized carbons (Fsp3) is 0.235. The molecule has 0 saturated carbocycles. The van der Waals surface area contributed by atoms with E-state index in [-0.39, 0.29) is 0 Å². The van der Waals surface area contributed by atoms with Crippen LogP contribution in [0.4, 0.5) is 0 Å². The number of aldehydes is 1. The summed E-state index contributed by atoms with van der Waals surface area (Å²) in [5.74, 6) is 1.16. The van der Waals surface area contributed by atoms with Gasteiger partial charge in [0.05, 0.1) is 5.56 Å². The number of ether oxygens (including phenoxy) is 1. The number of rotatable bonds is 5. The molecule has 0 unspecified atom stereocenters. The van der Waals surface area contributed by atoms with Crippen LogP contribution in [0.25, 0.3) is 0 Å². The third-order valence-electron chi connectivity index (χ3n) is 3.09. The third-order valence-corrected chi connectivity index (χ3v) is 3.09. The molecule has 19 heavy (non-hydrogen) atoms. The quantitative estimate of drug-likeness (QED) is 0.747. The van der Waals surface area contributed by atoms with Gasteiger partial charge in [-0.15, -0.1) is 0 Å². The maximum absolute atomic E-state index is 10.9. The van der Waals surface area contributed by atoms with Gasteiger partial charge in [-0.1, -0.05) is 50.2 Å². The molecule has 2 aromatic rings. The fourth-order valence-corrected chi connectivity index (χ4v) is 1.87. The van der Waals surface area contributed by atoms with Crippen molar-refractivity contribution in [2.45, 2.75) is 26.4 Å². The Kier molecular flexibility index (Phi) is 4.35. The van der Waals surface area contributed by atoms with Crippen LogP contribution in [0.3, 0.4) is 0 Å². The van der Waals surface area contributed by atoms with Crippen LogP contribution in [0.15, 0.2) is 48.5 Å². The first-order valence-electron chi connectivity index (χ1n) is 6.46. The van der Waals surface area contributed by atoms with Crippen molar-refractivity contribution >= 4 is 6.29 Å². The third kappa shape index (κ3) is 3.44. The van der Waals surface area contributed by atoms with Crippen LogP contribution in [0, 0.1) is 0 Å². The van der Waals surface area contributed by atoms with Gasteiger partial charge in [0.15, 0.2) is 6.29 Å². The molecule has 0 spiro atoms. The minimum absolute atomic E-state index is 0.475. The van der Waals surface area contributed by atoms with E-state index >= 15 is 0 Å². The smallest absolute Gasteiger partial charge is 0.153 e. The monoisotopic (exact) mass is 254 g/mol. The Balaban J connectivity index is 2.04. The van der Waals surface area contributed by atoms with Crippen LogP contribution in [-0.4, -0.2) is 6.29 Å². The van der Waals surface area contributed by atoms with Crippen molar-refractivity contribution in [3.8, 4) is 5.75 Å². The van der Waals surface area contributed by atoms with Crippen LogP contribution in [0.5, 0.6) is 5.75 Å². The van der Waals surface area contributed by atoms with Crippen LogP contribution in [0.1, 0.15) is 41.3 Å². The molecule has 0 radical (unpaired) electrons. The fourth-order valence-electron chi connectivity index (χ4n) is 1.87. The second-order valence-corrected chi connectivity index (χ2v) is 4.84. The molecule has 0 amide bonds. The lowest BCUT2D eigenvalue weighted by atomic mass is 10.0. The molecule has 0 atom stereocenters. The Labute approximate surface area is 114 Å². The topological polar surface area (TPSA) is 26.3 Å². The Morgan fingerprint density at radius 1 is 1.05 bits per heavy atom. The number of benzene rings is 2. The van der Waals surface area contributed by atoms with E-state index in [9.17, 15) is 4.79 Å². The Morgan fingerprint density at radius 2 is 1.74 bits per heavy atom. The van der Waals surface area contributed by atoms with E-state index in [4.69, 9.17) is 4.74 Å². The molecule has 0 aliphatic carbocycles. The molecule has 2 rings (SSSR count). The van der Waals surface area contributed by atoms with Gasteiger partial charge in [0.25, 0.3) is 0 Å². The minimum atomic E-state index is 0.475. The SMILES string of the molecule is CC(C)c1ccc(COc2ccccc2C=O)cc1. The van der Waals surface area contributed by atoms with Crippen molar-refractivity contribution in [3.63, 3.8) is 0 Å². The first-order chi connectivity index (χ1) is 9.20. The maximum atomic E-state index is 10.9. The van der Waals surface area contributed by atoms with E-state index in [2.05, 4.69) is 38.1 Å². The molecule has 0 bridgehead atoms. The highest BCUT2D eigenvalue weighted by Crippen LogP contribution is 2.19. The summed E-state index contributed by atoms with van der Waals surface area (Å²) in [6, 6.07) is 15.6. The standard InChI is InChI=1S/C17H18O2/c1-13(2)15-9-7-14(8-10-15)12-19-17-6-4-3-5-16(17)11-18/h3-11,13H,12H2,1-2H3. The summed E-state index contributed by atoms with van der Waals surface area (Å²) in [5.41, 5.74) is 3.00. The largest absolute Gasteiger partial charge is 0.488 e. The average Bonchev–Trinajstić information content (AvgIpc) is 2.45. The molecule has 2 nitrogen and oxygen atoms in total. The van der Waals surface area contributed by atoms with Gasteiger partial charge < -0.3 is 4.74 Å². The lowest BCUT2D eigenvalue weighted by molar-refractivity contribution is 0.111. The lowest BCUT2D eigenvalue weighted by Crippen LogP contribution is -1.98. The second-order valence-electron chi connectivity index (χ2n) is 4.84. The predicted molar refractivity (Wildman–Crippen MR) is 76.7 cm³/mol. The summed E-state index contributed by atoms with van der Waals surface area (Å²) < 4.78 is 5.68. The van der Waals surface area contributed by atoms with E-state index in [1.807, 2.05) is 18.2 Å². The van der Waals surface area contributed by atoms with E-state index in [1.165, 1.54) is 5.56 Å². The van der Waals surface area contributed by atoms with E-state index in [1.54, 1.807) is 6.07 Å². The van der Waals surface area contributed by atoms with Gasteiger partial charge in [-0.3, -0.25) is 4.79 Å². The van der Waals surface area contributed by atoms with Crippen LogP contribution in [0.2, 0.25) is 0 Å². The van der Waals surface area contributed by atoms with Crippen LogP contribution >= 0.6 is 0 Å². The van der Waals surface area contributed by atoms with Gasteiger partial charge in [0, 0.05) is 0 Å². The Bertz CT molecular complexity index is 541. The Hall–Kier alpha value is -2.09. The van der Waals surface area contributed by atoms with Crippen LogP contribution < -0.4 is 4.74 Å². The summed E-state index contributed by atoms with van der Waals surface area (Å²) in [7, 11) is 0. The van der Waals surface area contributed by atoms with Crippen molar-refractivity contribution in [2.75, 3.05) is 0 Å². The molecule has 0 N–H and O–H groups in total. The summed E-state index contributed by atoms with van der Waals surface area (Å²) >= 11 is 0. The summed E-state index contributed by atoms with van der Waals surface area (Å²) in [4.78, 5) is 10.9. The summed E-state index contributed by atoms with van der Waals surface area (Å²) in [5, 5.41) is 0. The zero-order chi connectivity index (χ0) is 13.7. The highest BCUT2D eigenvalue weighted by molar-refractivity contribution is 5.79. The van der Waals surface area contributed by atoms with Gasteiger partial charge in [-0.05, 0) is 29.2 Å². The second kappa shape index (κ2) is 6.19. The van der Waals surface area contributed by atoms with Gasteiger partial charge in [0.2, 0.25) is 0 Å². The van der Waals surface area contributed by atoms with E-state index in [0.717, 1.165) is 11.8 Å². The van der Waals surface area contributed by atoms with Gasteiger partial charge >= 0.3 is 0 Å². The average molecular weight is 254 g/mol. The zero-order valence-electron chi connectivity index (χ0n) is 11.3. The van der Waals surface area contributed by atoms with Crippen molar-refractivity contribution < 1.29 is 9.53 Å². The number of para-hydroxylation sites is 1. The van der Waals surface area contributed by atoms with Crippen molar-refractivity contribution in [1.29, 1.82) is 0 Å². The first kappa shape index (κ1) is 13.3. The molecule has 0 aliphatic rings. The molecule has 0 aliphatic heterocycles. The highest BCUT2D eigenvalue weighted by atomic mass is 16.5. The molecule has 2 aromatic carbocycles. The molecule has 0 aromatic heterocycles. The molecule has 0 saturated heterocycles. The highest BCUT2D eigenvalue weighted by Gasteiger charge is 2.03. The van der Waals surface area contributed by atoms with Crippen LogP contribution in [-0.2, 0) is 6.61 Å². The first-order valence-corrected chi connectivity index (χ1v) is 6.46. The van der Waals surface area contributed by atoms with E-state index < -0.39 is 0 Å². The molecular weight excluding hydrogens is 236 g/mol. The number of hydrogen-bond acceptors (Lipinski definition) is 2. The van der Waals surface area contributed by atoms with E-state index in [0.29, 0.717) is 23.8 Å². The molecule has 98 valence electrons. The molecular formula is C17H18O2. The summed E-state index contributed by atoms with van der Waals surface area (Å²) in [6.07, 6.45) is 0.817. The Morgan fingerprint density at radius 3 is 2.37 bits per heavy atom. The molecule has 0 heterocycles. The van der Waals surface area contributed by atoms with Gasteiger partial charge in [0.1, 0.15) is 12.4 Å².